The van der Waals surface area contributed by atoms with E-state index < -0.39 is 11.2 Å². The number of amides is 2. The molecular formula is C22H42IN5O4. The molecule has 0 aliphatic rings. The summed E-state index contributed by atoms with van der Waals surface area (Å²) in [6, 6.07) is 0. The number of aryl methyl sites for hydroxylation is 1. The number of nitrogens with zero attached hydrogens (tertiary/aromatic N) is 2. The van der Waals surface area contributed by atoms with Crippen LogP contribution in [0.5, 0.6) is 0 Å². The number of carbonyl (C=O) groups excluding carboxylic acids is 2. The highest BCUT2D eigenvalue weighted by Crippen LogP contribution is 2.07. The third kappa shape index (κ3) is 17.0. The molecule has 0 fully saturated rings. The lowest BCUT2D eigenvalue weighted by atomic mass is 10.2. The van der Waals surface area contributed by atoms with Gasteiger partial charge in [-0.15, -0.1) is 0 Å². The van der Waals surface area contributed by atoms with Gasteiger partial charge in [-0.25, -0.2) is 14.2 Å². The summed E-state index contributed by atoms with van der Waals surface area (Å²) in [7, 11) is 0. The molecule has 0 aromatic carbocycles. The van der Waals surface area contributed by atoms with Crippen LogP contribution in [0, 0.1) is 0 Å². The molecule has 0 spiro atoms. The largest absolute Gasteiger partial charge is 1.00 e. The van der Waals surface area contributed by atoms with Crippen LogP contribution in [0.4, 0.5) is 9.59 Å². The summed E-state index contributed by atoms with van der Waals surface area (Å²) in [5, 5.41) is 5.61. The Morgan fingerprint density at radius 3 is 1.75 bits per heavy atom. The van der Waals surface area contributed by atoms with Gasteiger partial charge in [0.05, 0.1) is 6.54 Å². The predicted molar refractivity (Wildman–Crippen MR) is 120 cm³/mol. The van der Waals surface area contributed by atoms with Crippen LogP contribution in [0.3, 0.4) is 0 Å². The van der Waals surface area contributed by atoms with Gasteiger partial charge in [0.1, 0.15) is 23.6 Å². The van der Waals surface area contributed by atoms with Crippen molar-refractivity contribution in [1.29, 1.82) is 0 Å². The maximum Gasteiger partial charge on any atom is 0.407 e. The highest BCUT2D eigenvalue weighted by atomic mass is 127. The highest BCUT2D eigenvalue weighted by Gasteiger charge is 2.16. The molecule has 0 bridgehead atoms. The van der Waals surface area contributed by atoms with Crippen LogP contribution in [0.2, 0.25) is 0 Å². The summed E-state index contributed by atoms with van der Waals surface area (Å²) in [4.78, 5) is 29.0. The second-order valence-electron chi connectivity index (χ2n) is 9.61. The molecule has 1 heterocycles. The van der Waals surface area contributed by atoms with Crippen LogP contribution in [0.25, 0.3) is 0 Å². The van der Waals surface area contributed by atoms with Crippen LogP contribution in [0.1, 0.15) is 60.8 Å². The molecule has 0 atom stereocenters. The number of nitrogens with one attached hydrogen (secondary N) is 3. The van der Waals surface area contributed by atoms with Crippen molar-refractivity contribution in [2.75, 3.05) is 32.7 Å². The third-order valence-electron chi connectivity index (χ3n) is 4.13. The van der Waals surface area contributed by atoms with Crippen molar-refractivity contribution in [2.45, 2.75) is 78.6 Å². The quantitative estimate of drug-likeness (QED) is 0.185. The molecule has 1 aromatic rings. The maximum atomic E-state index is 11.8. The number of alkyl carbamates (subject to hydrolysis) is 2. The molecule has 9 nitrogen and oxygen atoms in total. The predicted octanol–water partition coefficient (Wildman–Crippen LogP) is -0.172. The summed E-state index contributed by atoms with van der Waals surface area (Å²) in [6.07, 6.45) is 7.77. The maximum absolute atomic E-state index is 11.8. The Morgan fingerprint density at radius 2 is 1.34 bits per heavy atom. The fourth-order valence-electron chi connectivity index (χ4n) is 2.89. The first-order chi connectivity index (χ1) is 14.4. The zero-order chi connectivity index (χ0) is 23.3. The van der Waals surface area contributed by atoms with E-state index in [9.17, 15) is 9.59 Å². The molecule has 0 saturated heterocycles. The number of halogens is 1. The van der Waals surface area contributed by atoms with Gasteiger partial charge >= 0.3 is 12.2 Å². The summed E-state index contributed by atoms with van der Waals surface area (Å²) < 4.78 is 12.6. The van der Waals surface area contributed by atoms with E-state index in [4.69, 9.17) is 9.47 Å². The van der Waals surface area contributed by atoms with Crippen molar-refractivity contribution in [3.63, 3.8) is 0 Å². The molecule has 1 aromatic heterocycles. The molecule has 32 heavy (non-hydrogen) atoms. The zero-order valence-corrected chi connectivity index (χ0v) is 22.7. The van der Waals surface area contributed by atoms with Gasteiger partial charge < -0.3 is 49.0 Å². The van der Waals surface area contributed by atoms with Crippen LogP contribution in [-0.2, 0) is 16.0 Å². The second kappa shape index (κ2) is 15.3. The standard InChI is InChI=1S/C22H41N5O4.HI/c1-21(2,3)30-19(28)24-10-7-13-26(15-9-16-27-17-12-23-18-27)14-8-11-25-20(29)31-22(4,5)6;/h12,17-18H,7-11,13-16H2,1-6H3,(H2,24,25,28,29);1H. The average molecular weight is 568 g/mol. The molecular weight excluding hydrogens is 525 g/mol. The lowest BCUT2D eigenvalue weighted by Crippen LogP contribution is -3.00. The molecule has 186 valence electrons. The smallest absolute Gasteiger partial charge is 0.407 e. The first-order valence-corrected chi connectivity index (χ1v) is 11.1. The zero-order valence-electron chi connectivity index (χ0n) is 20.5. The number of ether oxygens (including phenoxy) is 2. The van der Waals surface area contributed by atoms with Gasteiger partial charge in [-0.05, 0) is 73.9 Å². The van der Waals surface area contributed by atoms with Crippen LogP contribution in [0.15, 0.2) is 18.7 Å². The van der Waals surface area contributed by atoms with Gasteiger partial charge in [-0.2, -0.15) is 0 Å². The monoisotopic (exact) mass is 567 g/mol. The van der Waals surface area contributed by atoms with Crippen LogP contribution < -0.4 is 39.2 Å². The number of imidazole rings is 1. The molecule has 0 aliphatic carbocycles. The lowest BCUT2D eigenvalue weighted by molar-refractivity contribution is -0.696. The first kappa shape index (κ1) is 30.4. The van der Waals surface area contributed by atoms with E-state index >= 15 is 0 Å². The lowest BCUT2D eigenvalue weighted by Gasteiger charge is -2.23. The topological polar surface area (TPSA) is 99.6 Å². The highest BCUT2D eigenvalue weighted by molar-refractivity contribution is 5.67. The van der Waals surface area contributed by atoms with E-state index in [1.165, 1.54) is 0 Å². The Balaban J connectivity index is 0.00000961. The van der Waals surface area contributed by atoms with Crippen molar-refractivity contribution in [3.8, 4) is 0 Å². The van der Waals surface area contributed by atoms with E-state index in [1.807, 2.05) is 60.3 Å². The van der Waals surface area contributed by atoms with E-state index in [1.54, 1.807) is 0 Å². The van der Waals surface area contributed by atoms with Crippen molar-refractivity contribution < 1.29 is 47.6 Å². The average Bonchev–Trinajstić information content (AvgIpc) is 3.12. The van der Waals surface area contributed by atoms with E-state index in [2.05, 4.69) is 25.1 Å². The van der Waals surface area contributed by atoms with Gasteiger partial charge in [0, 0.05) is 19.6 Å². The van der Waals surface area contributed by atoms with Gasteiger partial charge in [0.25, 0.3) is 0 Å². The third-order valence-corrected chi connectivity index (χ3v) is 4.13. The van der Waals surface area contributed by atoms with Gasteiger partial charge in [0.15, 0.2) is 0 Å². The molecule has 0 unspecified atom stereocenters. The summed E-state index contributed by atoms with van der Waals surface area (Å²) in [6.45, 7) is 15.8. The van der Waals surface area contributed by atoms with Gasteiger partial charge in [0.2, 0.25) is 6.33 Å². The van der Waals surface area contributed by atoms with Crippen LogP contribution in [-0.4, -0.2) is 66.0 Å². The fraction of sp³-hybridized carbons (Fsp3) is 0.773. The minimum absolute atomic E-state index is 0. The molecule has 0 aliphatic heterocycles. The first-order valence-electron chi connectivity index (χ1n) is 11.1. The van der Waals surface area contributed by atoms with Gasteiger partial charge in [-0.1, -0.05) is 0 Å². The Bertz CT molecular complexity index is 606. The SMILES string of the molecule is CC(C)(C)OC(=O)NCCCN(CCCNC(=O)OC(C)(C)C)CCC[n+]1cc[nH]c1.[I-]. The molecule has 1 rings (SSSR count). The Kier molecular flexibility index (Phi) is 14.6. The minimum atomic E-state index is -0.493. The van der Waals surface area contributed by atoms with E-state index in [0.29, 0.717) is 13.1 Å². The Hall–Kier alpha value is -1.56. The molecule has 3 N–H and O–H groups in total. The number of aromatic amines is 1. The van der Waals surface area contributed by atoms with Crippen molar-refractivity contribution >= 4 is 12.2 Å². The number of hydrogen-bond acceptors (Lipinski definition) is 5. The van der Waals surface area contributed by atoms with Crippen molar-refractivity contribution in [2.24, 2.45) is 0 Å². The fourth-order valence-corrected chi connectivity index (χ4v) is 2.89. The minimum Gasteiger partial charge on any atom is -1.00 e. The number of rotatable bonds is 12. The second-order valence-corrected chi connectivity index (χ2v) is 9.61. The van der Waals surface area contributed by atoms with Gasteiger partial charge in [-0.3, -0.25) is 4.98 Å². The molecule has 0 radical (unpaired) electrons. The molecule has 0 saturated carbocycles. The number of hydrogen-bond donors (Lipinski definition) is 3. The Labute approximate surface area is 210 Å². The van der Waals surface area contributed by atoms with Crippen LogP contribution >= 0.6 is 0 Å². The summed E-state index contributed by atoms with van der Waals surface area (Å²) >= 11 is 0. The van der Waals surface area contributed by atoms with E-state index in [0.717, 1.165) is 45.4 Å². The normalized spacial score (nSPS) is 11.6. The number of aromatic nitrogens is 2. The van der Waals surface area contributed by atoms with Crippen molar-refractivity contribution in [3.05, 3.63) is 18.7 Å². The summed E-state index contributed by atoms with van der Waals surface area (Å²) in [5.74, 6) is 0. The molecule has 10 heteroatoms. The number of carbonyl (C=O) groups is 2. The van der Waals surface area contributed by atoms with Crippen molar-refractivity contribution in [1.82, 2.24) is 20.5 Å². The summed E-state index contributed by atoms with van der Waals surface area (Å²) in [5.41, 5.74) is -0.986. The van der Waals surface area contributed by atoms with E-state index in [-0.39, 0.29) is 36.2 Å². The Morgan fingerprint density at radius 1 is 0.875 bits per heavy atom. The number of H-pyrrole nitrogens is 1. The molecule has 2 amide bonds.